The highest BCUT2D eigenvalue weighted by Gasteiger charge is 2.36. The van der Waals surface area contributed by atoms with Crippen LogP contribution in [0.4, 0.5) is 0 Å². The summed E-state index contributed by atoms with van der Waals surface area (Å²) in [4.78, 5) is 2.49. The van der Waals surface area contributed by atoms with Crippen molar-refractivity contribution in [3.05, 3.63) is 53.9 Å². The fourth-order valence-corrected chi connectivity index (χ4v) is 3.04. The lowest BCUT2D eigenvalue weighted by Gasteiger charge is -2.42. The Kier molecular flexibility index (Phi) is 3.83. The summed E-state index contributed by atoms with van der Waals surface area (Å²) >= 11 is 0. The third-order valence-electron chi connectivity index (χ3n) is 4.45. The van der Waals surface area contributed by atoms with Crippen molar-refractivity contribution in [2.75, 3.05) is 19.7 Å². The highest BCUT2D eigenvalue weighted by molar-refractivity contribution is 5.20. The SMILES string of the molecule is C[C@@H](c1ccccc1)N1CCO[C@@](C)(c2cnn(C)c2)C1. The molecule has 0 N–H and O–H groups in total. The largest absolute Gasteiger partial charge is 0.368 e. The van der Waals surface area contributed by atoms with Crippen molar-refractivity contribution in [2.45, 2.75) is 25.5 Å². The van der Waals surface area contributed by atoms with Crippen molar-refractivity contribution >= 4 is 0 Å². The molecule has 3 rings (SSSR count). The van der Waals surface area contributed by atoms with Gasteiger partial charge in [-0.2, -0.15) is 5.10 Å². The molecule has 1 aliphatic heterocycles. The van der Waals surface area contributed by atoms with E-state index in [1.54, 1.807) is 0 Å². The Morgan fingerprint density at radius 1 is 1.29 bits per heavy atom. The van der Waals surface area contributed by atoms with Gasteiger partial charge in [-0.1, -0.05) is 30.3 Å². The zero-order valence-electron chi connectivity index (χ0n) is 13.0. The van der Waals surface area contributed by atoms with Crippen molar-refractivity contribution in [3.63, 3.8) is 0 Å². The summed E-state index contributed by atoms with van der Waals surface area (Å²) in [6.45, 7) is 7.03. The molecule has 1 aromatic heterocycles. The van der Waals surface area contributed by atoms with Gasteiger partial charge in [0.25, 0.3) is 0 Å². The molecular weight excluding hydrogens is 262 g/mol. The lowest BCUT2D eigenvalue weighted by atomic mass is 9.95. The first-order chi connectivity index (χ1) is 10.1. The van der Waals surface area contributed by atoms with Crippen LogP contribution in [-0.4, -0.2) is 34.4 Å². The summed E-state index contributed by atoms with van der Waals surface area (Å²) in [7, 11) is 1.94. The van der Waals surface area contributed by atoms with Crippen molar-refractivity contribution in [1.29, 1.82) is 0 Å². The Labute approximate surface area is 126 Å². The van der Waals surface area contributed by atoms with Gasteiger partial charge < -0.3 is 4.74 Å². The minimum atomic E-state index is -0.282. The Balaban J connectivity index is 1.79. The number of benzene rings is 1. The van der Waals surface area contributed by atoms with Crippen LogP contribution in [0.1, 0.15) is 31.0 Å². The first-order valence-electron chi connectivity index (χ1n) is 7.50. The molecule has 21 heavy (non-hydrogen) atoms. The second-order valence-electron chi connectivity index (χ2n) is 6.04. The lowest BCUT2D eigenvalue weighted by Crippen LogP contribution is -2.48. The summed E-state index contributed by atoms with van der Waals surface area (Å²) in [6.07, 6.45) is 3.97. The van der Waals surface area contributed by atoms with Crippen molar-refractivity contribution in [1.82, 2.24) is 14.7 Å². The van der Waals surface area contributed by atoms with Gasteiger partial charge in [0.05, 0.1) is 12.8 Å². The molecule has 0 unspecified atom stereocenters. The average Bonchev–Trinajstić information content (AvgIpc) is 2.95. The van der Waals surface area contributed by atoms with Crippen LogP contribution in [0, 0.1) is 0 Å². The number of nitrogens with zero attached hydrogens (tertiary/aromatic N) is 3. The number of rotatable bonds is 3. The lowest BCUT2D eigenvalue weighted by molar-refractivity contribution is -0.112. The quantitative estimate of drug-likeness (QED) is 0.868. The van der Waals surface area contributed by atoms with Crippen LogP contribution in [0.5, 0.6) is 0 Å². The minimum absolute atomic E-state index is 0.282. The number of aryl methyl sites for hydroxylation is 1. The molecule has 1 aliphatic rings. The Morgan fingerprint density at radius 3 is 2.71 bits per heavy atom. The van der Waals surface area contributed by atoms with E-state index >= 15 is 0 Å². The van der Waals surface area contributed by atoms with E-state index in [0.29, 0.717) is 6.04 Å². The topological polar surface area (TPSA) is 30.3 Å². The van der Waals surface area contributed by atoms with Crippen molar-refractivity contribution in [2.24, 2.45) is 7.05 Å². The van der Waals surface area contributed by atoms with Crippen LogP contribution in [0.15, 0.2) is 42.7 Å². The number of morpholine rings is 1. The first kappa shape index (κ1) is 14.3. The molecule has 4 heteroatoms. The van der Waals surface area contributed by atoms with Crippen molar-refractivity contribution < 1.29 is 4.74 Å². The molecule has 1 fully saturated rings. The van der Waals surface area contributed by atoms with Crippen LogP contribution in [0.25, 0.3) is 0 Å². The predicted molar refractivity (Wildman–Crippen MR) is 82.9 cm³/mol. The second kappa shape index (κ2) is 5.62. The summed E-state index contributed by atoms with van der Waals surface area (Å²) in [6, 6.07) is 11.1. The maximum Gasteiger partial charge on any atom is 0.106 e. The molecule has 2 atom stereocenters. The molecule has 2 heterocycles. The number of hydrogen-bond acceptors (Lipinski definition) is 3. The highest BCUT2D eigenvalue weighted by atomic mass is 16.5. The predicted octanol–water partition coefficient (Wildman–Crippen LogP) is 2.73. The molecule has 0 aliphatic carbocycles. The maximum absolute atomic E-state index is 6.09. The van der Waals surface area contributed by atoms with Gasteiger partial charge in [-0.25, -0.2) is 0 Å². The van der Waals surface area contributed by atoms with Crippen LogP contribution >= 0.6 is 0 Å². The molecule has 4 nitrogen and oxygen atoms in total. The zero-order valence-corrected chi connectivity index (χ0v) is 13.0. The van der Waals surface area contributed by atoms with Crippen LogP contribution in [-0.2, 0) is 17.4 Å². The summed E-state index contributed by atoms with van der Waals surface area (Å²) in [5.41, 5.74) is 2.22. The first-order valence-corrected chi connectivity index (χ1v) is 7.50. The van der Waals surface area contributed by atoms with E-state index in [1.807, 2.05) is 17.9 Å². The third-order valence-corrected chi connectivity index (χ3v) is 4.45. The Hall–Kier alpha value is -1.65. The van der Waals surface area contributed by atoms with E-state index in [9.17, 15) is 0 Å². The molecule has 0 amide bonds. The van der Waals surface area contributed by atoms with Gasteiger partial charge in [-0.05, 0) is 19.4 Å². The second-order valence-corrected chi connectivity index (χ2v) is 6.04. The Morgan fingerprint density at radius 2 is 2.05 bits per heavy atom. The maximum atomic E-state index is 6.09. The van der Waals surface area contributed by atoms with Gasteiger partial charge in [-0.15, -0.1) is 0 Å². The van der Waals surface area contributed by atoms with Crippen molar-refractivity contribution in [3.8, 4) is 0 Å². The standard InChI is InChI=1S/C17H23N3O/c1-14(15-7-5-4-6-8-15)20-9-10-21-17(2,13-20)16-11-18-19(3)12-16/h4-8,11-12,14H,9-10,13H2,1-3H3/t14-,17+/m0/s1. The minimum Gasteiger partial charge on any atom is -0.368 e. The number of aromatic nitrogens is 2. The smallest absolute Gasteiger partial charge is 0.106 e. The molecule has 0 saturated carbocycles. The van der Waals surface area contributed by atoms with Gasteiger partial charge in [0.2, 0.25) is 0 Å². The fourth-order valence-electron chi connectivity index (χ4n) is 3.04. The third kappa shape index (κ3) is 2.87. The summed E-state index contributed by atoms with van der Waals surface area (Å²) < 4.78 is 7.92. The Bertz CT molecular complexity index is 595. The number of ether oxygens (including phenoxy) is 1. The van der Waals surface area contributed by atoms with E-state index < -0.39 is 0 Å². The van der Waals surface area contributed by atoms with Crippen LogP contribution < -0.4 is 0 Å². The van der Waals surface area contributed by atoms with E-state index in [0.717, 1.165) is 25.3 Å². The molecule has 1 saturated heterocycles. The van der Waals surface area contributed by atoms with Gasteiger partial charge in [0.1, 0.15) is 5.60 Å². The summed E-state index contributed by atoms with van der Waals surface area (Å²) in [5, 5.41) is 4.28. The molecule has 112 valence electrons. The highest BCUT2D eigenvalue weighted by Crippen LogP contribution is 2.33. The molecule has 0 spiro atoms. The van der Waals surface area contributed by atoms with Gasteiger partial charge in [0.15, 0.2) is 0 Å². The van der Waals surface area contributed by atoms with Gasteiger partial charge in [0, 0.05) is 37.9 Å². The average molecular weight is 285 g/mol. The molecule has 0 bridgehead atoms. The summed E-state index contributed by atoms with van der Waals surface area (Å²) in [5.74, 6) is 0. The van der Waals surface area contributed by atoms with Crippen LogP contribution in [0.2, 0.25) is 0 Å². The molecule has 1 aromatic carbocycles. The molecular formula is C17H23N3O. The molecule has 0 radical (unpaired) electrons. The van der Waals surface area contributed by atoms with E-state index in [4.69, 9.17) is 4.74 Å². The van der Waals surface area contributed by atoms with Crippen LogP contribution in [0.3, 0.4) is 0 Å². The monoisotopic (exact) mass is 285 g/mol. The fraction of sp³-hybridized carbons (Fsp3) is 0.471. The zero-order chi connectivity index (χ0) is 14.9. The van der Waals surface area contributed by atoms with Gasteiger partial charge in [-0.3, -0.25) is 9.58 Å². The normalized spacial score (nSPS) is 24.9. The van der Waals surface area contributed by atoms with E-state index in [-0.39, 0.29) is 5.60 Å². The van der Waals surface area contributed by atoms with Gasteiger partial charge >= 0.3 is 0 Å². The van der Waals surface area contributed by atoms with E-state index in [1.165, 1.54) is 5.56 Å². The van der Waals surface area contributed by atoms with E-state index in [2.05, 4.69) is 60.4 Å². The number of hydrogen-bond donors (Lipinski definition) is 0. The molecule has 2 aromatic rings.